The van der Waals surface area contributed by atoms with Crippen LogP contribution in [0.25, 0.3) is 0 Å². The van der Waals surface area contributed by atoms with Gasteiger partial charge in [0.15, 0.2) is 11.6 Å². The number of anilines is 2. The van der Waals surface area contributed by atoms with Gasteiger partial charge in [0.25, 0.3) is 0 Å². The van der Waals surface area contributed by atoms with Crippen molar-refractivity contribution in [3.05, 3.63) is 58.7 Å². The molecule has 124 valence electrons. The van der Waals surface area contributed by atoms with E-state index in [-0.39, 0.29) is 18.2 Å². The van der Waals surface area contributed by atoms with Crippen LogP contribution in [0.1, 0.15) is 45.2 Å². The van der Waals surface area contributed by atoms with Crippen molar-refractivity contribution in [2.24, 2.45) is 0 Å². The number of carbonyl (C=O) groups excluding carboxylic acids is 2. The summed E-state index contributed by atoms with van der Waals surface area (Å²) < 4.78 is 0. The topological polar surface area (TPSA) is 78.4 Å². The van der Waals surface area contributed by atoms with Crippen molar-refractivity contribution in [3.63, 3.8) is 0 Å². The standard InChI is InChI=1S/C19H20N2O3/c1-2-9-20-14-7-8-15(21-10-11-22)17-16(14)18(23)12-5-3-4-6-13(12)19(17)24/h3-8,20-22H,2,9-11H2,1H3. The van der Waals surface area contributed by atoms with Crippen molar-refractivity contribution >= 4 is 22.9 Å². The molecule has 1 aliphatic carbocycles. The Balaban J connectivity index is 2.18. The number of hydrogen-bond donors (Lipinski definition) is 3. The van der Waals surface area contributed by atoms with Crippen LogP contribution in [0.3, 0.4) is 0 Å². The first-order chi connectivity index (χ1) is 11.7. The lowest BCUT2D eigenvalue weighted by molar-refractivity contribution is 0.0980. The number of rotatable bonds is 6. The molecule has 3 rings (SSSR count). The molecule has 2 aromatic rings. The molecule has 5 heteroatoms. The van der Waals surface area contributed by atoms with E-state index in [1.165, 1.54) is 0 Å². The summed E-state index contributed by atoms with van der Waals surface area (Å²) in [6, 6.07) is 10.5. The zero-order chi connectivity index (χ0) is 17.1. The molecule has 0 fully saturated rings. The normalized spacial score (nSPS) is 12.6. The molecule has 0 spiro atoms. The summed E-state index contributed by atoms with van der Waals surface area (Å²) in [6.07, 6.45) is 0.915. The Bertz CT molecular complexity index is 733. The molecule has 0 aromatic heterocycles. The Hall–Kier alpha value is -2.66. The number of fused-ring (bicyclic) bond motifs is 2. The summed E-state index contributed by atoms with van der Waals surface area (Å²) in [5.74, 6) is -0.313. The van der Waals surface area contributed by atoms with E-state index in [0.717, 1.165) is 13.0 Å². The van der Waals surface area contributed by atoms with E-state index in [1.807, 2.05) is 13.0 Å². The van der Waals surface area contributed by atoms with Gasteiger partial charge in [-0.1, -0.05) is 31.2 Å². The van der Waals surface area contributed by atoms with Gasteiger partial charge in [-0.2, -0.15) is 0 Å². The van der Waals surface area contributed by atoms with Crippen molar-refractivity contribution in [2.45, 2.75) is 13.3 Å². The molecule has 0 bridgehead atoms. The highest BCUT2D eigenvalue weighted by Crippen LogP contribution is 2.36. The Morgan fingerprint density at radius 2 is 1.33 bits per heavy atom. The summed E-state index contributed by atoms with van der Waals surface area (Å²) in [6.45, 7) is 3.03. The van der Waals surface area contributed by atoms with E-state index in [9.17, 15) is 9.59 Å². The van der Waals surface area contributed by atoms with Crippen molar-refractivity contribution in [1.29, 1.82) is 0 Å². The Kier molecular flexibility index (Phi) is 4.62. The molecule has 1 aliphatic rings. The highest BCUT2D eigenvalue weighted by molar-refractivity contribution is 6.31. The first kappa shape index (κ1) is 16.2. The zero-order valence-corrected chi connectivity index (χ0v) is 13.6. The van der Waals surface area contributed by atoms with E-state index in [4.69, 9.17) is 5.11 Å². The van der Waals surface area contributed by atoms with Crippen LogP contribution in [0.2, 0.25) is 0 Å². The molecule has 5 nitrogen and oxygen atoms in total. The predicted octanol–water partition coefficient (Wildman–Crippen LogP) is 2.69. The Morgan fingerprint density at radius 1 is 0.833 bits per heavy atom. The number of benzene rings is 2. The van der Waals surface area contributed by atoms with Crippen LogP contribution in [0.4, 0.5) is 11.4 Å². The molecule has 0 amide bonds. The fourth-order valence-corrected chi connectivity index (χ4v) is 2.97. The third-order valence-electron chi connectivity index (χ3n) is 4.07. The zero-order valence-electron chi connectivity index (χ0n) is 13.6. The van der Waals surface area contributed by atoms with E-state index in [2.05, 4.69) is 10.6 Å². The number of carbonyl (C=O) groups is 2. The van der Waals surface area contributed by atoms with Crippen LogP contribution in [0.5, 0.6) is 0 Å². The lowest BCUT2D eigenvalue weighted by atomic mass is 9.82. The first-order valence-corrected chi connectivity index (χ1v) is 8.13. The molecule has 0 atom stereocenters. The predicted molar refractivity (Wildman–Crippen MR) is 94.1 cm³/mol. The van der Waals surface area contributed by atoms with Crippen LogP contribution < -0.4 is 10.6 Å². The molecule has 3 N–H and O–H groups in total. The van der Waals surface area contributed by atoms with Gasteiger partial charge in [-0.3, -0.25) is 9.59 Å². The molecular weight excluding hydrogens is 304 g/mol. The number of aliphatic hydroxyl groups is 1. The molecule has 0 radical (unpaired) electrons. The molecule has 0 saturated carbocycles. The average molecular weight is 324 g/mol. The van der Waals surface area contributed by atoms with E-state index < -0.39 is 0 Å². The largest absolute Gasteiger partial charge is 0.395 e. The number of ketones is 2. The smallest absolute Gasteiger partial charge is 0.196 e. The summed E-state index contributed by atoms with van der Waals surface area (Å²) in [7, 11) is 0. The molecule has 0 heterocycles. The van der Waals surface area contributed by atoms with Crippen molar-refractivity contribution in [1.82, 2.24) is 0 Å². The molecule has 0 saturated heterocycles. The van der Waals surface area contributed by atoms with Crippen LogP contribution in [0, 0.1) is 0 Å². The van der Waals surface area contributed by atoms with Crippen LogP contribution in [-0.2, 0) is 0 Å². The SMILES string of the molecule is CCCNc1ccc(NCCO)c2c1C(=O)c1ccccc1C2=O. The maximum atomic E-state index is 13.0. The van der Waals surface area contributed by atoms with Crippen molar-refractivity contribution in [3.8, 4) is 0 Å². The van der Waals surface area contributed by atoms with Gasteiger partial charge in [0, 0.05) is 35.6 Å². The second-order valence-corrected chi connectivity index (χ2v) is 5.69. The second kappa shape index (κ2) is 6.84. The molecule has 2 aromatic carbocycles. The molecule has 0 unspecified atom stereocenters. The van der Waals surface area contributed by atoms with E-state index in [1.54, 1.807) is 30.3 Å². The van der Waals surface area contributed by atoms with Crippen LogP contribution in [-0.4, -0.2) is 36.4 Å². The van der Waals surface area contributed by atoms with Gasteiger partial charge < -0.3 is 15.7 Å². The molecular formula is C19H20N2O3. The fraction of sp³-hybridized carbons (Fsp3) is 0.263. The Labute approximate surface area is 140 Å². The number of nitrogens with one attached hydrogen (secondary N) is 2. The van der Waals surface area contributed by atoms with Gasteiger partial charge in [0.05, 0.1) is 17.7 Å². The van der Waals surface area contributed by atoms with E-state index in [0.29, 0.717) is 40.2 Å². The van der Waals surface area contributed by atoms with Gasteiger partial charge in [-0.25, -0.2) is 0 Å². The van der Waals surface area contributed by atoms with Crippen molar-refractivity contribution < 1.29 is 14.7 Å². The minimum Gasteiger partial charge on any atom is -0.395 e. The Morgan fingerprint density at radius 3 is 1.79 bits per heavy atom. The summed E-state index contributed by atoms with van der Waals surface area (Å²) in [5, 5.41) is 15.3. The van der Waals surface area contributed by atoms with Gasteiger partial charge in [0.2, 0.25) is 0 Å². The minimum absolute atomic E-state index is 0.0522. The minimum atomic E-state index is -0.166. The van der Waals surface area contributed by atoms with E-state index >= 15 is 0 Å². The number of aliphatic hydroxyl groups excluding tert-OH is 1. The second-order valence-electron chi connectivity index (χ2n) is 5.69. The van der Waals surface area contributed by atoms with Gasteiger partial charge in [-0.05, 0) is 18.6 Å². The van der Waals surface area contributed by atoms with Crippen LogP contribution >= 0.6 is 0 Å². The van der Waals surface area contributed by atoms with Crippen LogP contribution in [0.15, 0.2) is 36.4 Å². The fourth-order valence-electron chi connectivity index (χ4n) is 2.97. The third kappa shape index (κ3) is 2.67. The number of hydrogen-bond acceptors (Lipinski definition) is 5. The molecule has 24 heavy (non-hydrogen) atoms. The molecule has 0 aliphatic heterocycles. The summed E-state index contributed by atoms with van der Waals surface area (Å²) >= 11 is 0. The monoisotopic (exact) mass is 324 g/mol. The lowest BCUT2D eigenvalue weighted by Gasteiger charge is -2.23. The van der Waals surface area contributed by atoms with Crippen molar-refractivity contribution in [2.75, 3.05) is 30.3 Å². The maximum Gasteiger partial charge on any atom is 0.196 e. The highest BCUT2D eigenvalue weighted by Gasteiger charge is 2.33. The first-order valence-electron chi connectivity index (χ1n) is 8.13. The van der Waals surface area contributed by atoms with Gasteiger partial charge in [0.1, 0.15) is 0 Å². The average Bonchev–Trinajstić information content (AvgIpc) is 2.62. The maximum absolute atomic E-state index is 13.0. The van der Waals surface area contributed by atoms with Gasteiger partial charge >= 0.3 is 0 Å². The third-order valence-corrected chi connectivity index (χ3v) is 4.07. The summed E-state index contributed by atoms with van der Waals surface area (Å²) in [4.78, 5) is 26.0. The highest BCUT2D eigenvalue weighted by atomic mass is 16.3. The lowest BCUT2D eigenvalue weighted by Crippen LogP contribution is -2.24. The summed E-state index contributed by atoms with van der Waals surface area (Å²) in [5.41, 5.74) is 2.91. The van der Waals surface area contributed by atoms with Gasteiger partial charge in [-0.15, -0.1) is 0 Å². The quantitative estimate of drug-likeness (QED) is 0.650.